The maximum Gasteiger partial charge on any atom is 0.261 e. The number of amides is 1. The van der Waals surface area contributed by atoms with E-state index in [0.717, 1.165) is 11.1 Å². The second-order valence-corrected chi connectivity index (χ2v) is 8.48. The third-order valence-electron chi connectivity index (χ3n) is 4.15. The van der Waals surface area contributed by atoms with E-state index in [4.69, 9.17) is 11.6 Å². The van der Waals surface area contributed by atoms with Crippen molar-refractivity contribution < 1.29 is 13.2 Å². The lowest BCUT2D eigenvalue weighted by molar-refractivity contribution is 0.102. The number of anilines is 2. The Labute approximate surface area is 169 Å². The van der Waals surface area contributed by atoms with Crippen LogP contribution in [0.1, 0.15) is 21.5 Å². The number of hydrogen-bond acceptors (Lipinski definition) is 3. The highest BCUT2D eigenvalue weighted by molar-refractivity contribution is 7.92. The summed E-state index contributed by atoms with van der Waals surface area (Å²) in [7, 11) is -3.76. The molecule has 1 amide bonds. The van der Waals surface area contributed by atoms with E-state index >= 15 is 0 Å². The SMILES string of the molecule is Cc1ccc(NC(=O)c2cc(NS(=O)(=O)c3ccccc3)ccc2Cl)c(C)c1. The molecule has 0 saturated heterocycles. The number of carbonyl (C=O) groups excluding carboxylic acids is 1. The number of sulfonamides is 1. The Morgan fingerprint density at radius 3 is 2.32 bits per heavy atom. The van der Waals surface area contributed by atoms with Crippen molar-refractivity contribution in [3.05, 3.63) is 88.4 Å². The lowest BCUT2D eigenvalue weighted by atomic mass is 10.1. The molecule has 0 spiro atoms. The van der Waals surface area contributed by atoms with E-state index in [0.29, 0.717) is 5.69 Å². The average molecular weight is 415 g/mol. The molecule has 0 unspecified atom stereocenters. The molecule has 0 atom stereocenters. The summed E-state index contributed by atoms with van der Waals surface area (Å²) < 4.78 is 27.5. The molecule has 3 aromatic carbocycles. The van der Waals surface area contributed by atoms with E-state index in [1.165, 1.54) is 30.3 Å². The lowest BCUT2D eigenvalue weighted by Gasteiger charge is -2.12. The van der Waals surface area contributed by atoms with E-state index in [1.807, 2.05) is 32.0 Å². The summed E-state index contributed by atoms with van der Waals surface area (Å²) in [5.41, 5.74) is 3.10. The van der Waals surface area contributed by atoms with Gasteiger partial charge < -0.3 is 5.32 Å². The largest absolute Gasteiger partial charge is 0.322 e. The molecule has 0 bridgehead atoms. The van der Waals surface area contributed by atoms with Crippen molar-refractivity contribution in [2.24, 2.45) is 0 Å². The van der Waals surface area contributed by atoms with Gasteiger partial charge in [0.25, 0.3) is 15.9 Å². The molecule has 0 aromatic heterocycles. The molecule has 0 aliphatic carbocycles. The predicted molar refractivity (Wildman–Crippen MR) is 113 cm³/mol. The summed E-state index contributed by atoms with van der Waals surface area (Å²) >= 11 is 6.17. The molecule has 7 heteroatoms. The van der Waals surface area contributed by atoms with Crippen LogP contribution >= 0.6 is 11.6 Å². The van der Waals surface area contributed by atoms with Crippen LogP contribution in [-0.4, -0.2) is 14.3 Å². The molecule has 0 fully saturated rings. The minimum atomic E-state index is -3.76. The highest BCUT2D eigenvalue weighted by Gasteiger charge is 2.17. The zero-order valence-electron chi connectivity index (χ0n) is 15.4. The molecule has 144 valence electrons. The Morgan fingerprint density at radius 1 is 0.929 bits per heavy atom. The van der Waals surface area contributed by atoms with Gasteiger partial charge in [-0.1, -0.05) is 47.5 Å². The Balaban J connectivity index is 1.86. The molecule has 0 aliphatic rings. The van der Waals surface area contributed by atoms with Crippen LogP contribution in [0, 0.1) is 13.8 Å². The second-order valence-electron chi connectivity index (χ2n) is 6.39. The first-order valence-corrected chi connectivity index (χ1v) is 10.4. The first kappa shape index (κ1) is 19.9. The summed E-state index contributed by atoms with van der Waals surface area (Å²) in [6.45, 7) is 3.87. The first-order chi connectivity index (χ1) is 13.3. The molecular weight excluding hydrogens is 396 g/mol. The zero-order chi connectivity index (χ0) is 20.3. The van der Waals surface area contributed by atoms with Crippen LogP contribution in [0.4, 0.5) is 11.4 Å². The van der Waals surface area contributed by atoms with Crippen molar-refractivity contribution in [3.8, 4) is 0 Å². The van der Waals surface area contributed by atoms with Crippen LogP contribution in [0.3, 0.4) is 0 Å². The fourth-order valence-corrected chi connectivity index (χ4v) is 3.99. The smallest absolute Gasteiger partial charge is 0.261 e. The van der Waals surface area contributed by atoms with Crippen LogP contribution in [0.2, 0.25) is 5.02 Å². The van der Waals surface area contributed by atoms with Crippen molar-refractivity contribution in [2.45, 2.75) is 18.7 Å². The van der Waals surface area contributed by atoms with E-state index in [-0.39, 0.29) is 21.2 Å². The summed E-state index contributed by atoms with van der Waals surface area (Å²) in [4.78, 5) is 12.8. The van der Waals surface area contributed by atoms with Gasteiger partial charge in [0.1, 0.15) is 0 Å². The summed E-state index contributed by atoms with van der Waals surface area (Å²) in [6.07, 6.45) is 0. The number of carbonyl (C=O) groups is 1. The fraction of sp³-hybridized carbons (Fsp3) is 0.0952. The molecule has 0 saturated carbocycles. The average Bonchev–Trinajstić information content (AvgIpc) is 2.66. The monoisotopic (exact) mass is 414 g/mol. The Kier molecular flexibility index (Phi) is 5.72. The normalized spacial score (nSPS) is 11.1. The molecule has 2 N–H and O–H groups in total. The molecule has 0 radical (unpaired) electrons. The van der Waals surface area contributed by atoms with Crippen LogP contribution in [0.5, 0.6) is 0 Å². The van der Waals surface area contributed by atoms with Gasteiger partial charge in [-0.2, -0.15) is 0 Å². The molecule has 0 aliphatic heterocycles. The van der Waals surface area contributed by atoms with Gasteiger partial charge in [0.2, 0.25) is 0 Å². The second kappa shape index (κ2) is 8.04. The number of aryl methyl sites for hydroxylation is 2. The van der Waals surface area contributed by atoms with Crippen molar-refractivity contribution in [3.63, 3.8) is 0 Å². The first-order valence-electron chi connectivity index (χ1n) is 8.52. The van der Waals surface area contributed by atoms with E-state index < -0.39 is 15.9 Å². The minimum absolute atomic E-state index is 0.131. The van der Waals surface area contributed by atoms with Gasteiger partial charge >= 0.3 is 0 Å². The Hall–Kier alpha value is -2.83. The number of benzene rings is 3. The van der Waals surface area contributed by atoms with Gasteiger partial charge in [0, 0.05) is 11.4 Å². The number of hydrogen-bond donors (Lipinski definition) is 2. The van der Waals surface area contributed by atoms with Crippen LogP contribution in [-0.2, 0) is 10.0 Å². The summed E-state index contributed by atoms with van der Waals surface area (Å²) in [5, 5.41) is 3.04. The van der Waals surface area contributed by atoms with E-state index in [9.17, 15) is 13.2 Å². The molecule has 5 nitrogen and oxygen atoms in total. The number of nitrogens with one attached hydrogen (secondary N) is 2. The van der Waals surface area contributed by atoms with E-state index in [1.54, 1.807) is 18.2 Å². The molecule has 28 heavy (non-hydrogen) atoms. The van der Waals surface area contributed by atoms with Crippen molar-refractivity contribution in [1.82, 2.24) is 0 Å². The summed E-state index contributed by atoms with van der Waals surface area (Å²) in [5.74, 6) is -0.419. The van der Waals surface area contributed by atoms with E-state index in [2.05, 4.69) is 10.0 Å². The van der Waals surface area contributed by atoms with Crippen molar-refractivity contribution in [1.29, 1.82) is 0 Å². The van der Waals surface area contributed by atoms with Crippen LogP contribution in [0.15, 0.2) is 71.6 Å². The lowest BCUT2D eigenvalue weighted by Crippen LogP contribution is -2.16. The topological polar surface area (TPSA) is 75.3 Å². The van der Waals surface area contributed by atoms with Gasteiger partial charge in [0.15, 0.2) is 0 Å². The highest BCUT2D eigenvalue weighted by Crippen LogP contribution is 2.25. The number of rotatable bonds is 5. The minimum Gasteiger partial charge on any atom is -0.322 e. The Bertz CT molecular complexity index is 1130. The molecule has 0 heterocycles. The van der Waals surface area contributed by atoms with Gasteiger partial charge in [-0.3, -0.25) is 9.52 Å². The summed E-state index contributed by atoms with van der Waals surface area (Å²) in [6, 6.07) is 18.1. The quantitative estimate of drug-likeness (QED) is 0.616. The third kappa shape index (κ3) is 4.52. The maximum absolute atomic E-state index is 12.7. The molecule has 3 rings (SSSR count). The predicted octanol–water partition coefficient (Wildman–Crippen LogP) is 5.01. The third-order valence-corrected chi connectivity index (χ3v) is 5.87. The maximum atomic E-state index is 12.7. The van der Waals surface area contributed by atoms with Crippen LogP contribution in [0.25, 0.3) is 0 Å². The van der Waals surface area contributed by atoms with Crippen molar-refractivity contribution >= 4 is 38.9 Å². The van der Waals surface area contributed by atoms with Gasteiger partial charge in [-0.15, -0.1) is 0 Å². The molecular formula is C21H19ClN2O3S. The standard InChI is InChI=1S/C21H19ClN2O3S/c1-14-8-11-20(15(2)12-14)23-21(25)18-13-16(9-10-19(18)22)24-28(26,27)17-6-4-3-5-7-17/h3-13,24H,1-2H3,(H,23,25). The number of halogens is 1. The fourth-order valence-electron chi connectivity index (χ4n) is 2.72. The molecule has 3 aromatic rings. The van der Waals surface area contributed by atoms with Gasteiger partial charge in [-0.05, 0) is 55.8 Å². The zero-order valence-corrected chi connectivity index (χ0v) is 16.9. The van der Waals surface area contributed by atoms with Gasteiger partial charge in [0.05, 0.1) is 15.5 Å². The van der Waals surface area contributed by atoms with Crippen LogP contribution < -0.4 is 10.0 Å². The highest BCUT2D eigenvalue weighted by atomic mass is 35.5. The Morgan fingerprint density at radius 2 is 1.64 bits per heavy atom. The van der Waals surface area contributed by atoms with Gasteiger partial charge in [-0.25, -0.2) is 8.42 Å². The van der Waals surface area contributed by atoms with Crippen molar-refractivity contribution in [2.75, 3.05) is 10.0 Å².